The van der Waals surface area contributed by atoms with Crippen LogP contribution in [-0.4, -0.2) is 0 Å². The first-order chi connectivity index (χ1) is 9.26. The summed E-state index contributed by atoms with van der Waals surface area (Å²) >= 11 is 0. The van der Waals surface area contributed by atoms with Crippen LogP contribution < -0.4 is 0 Å². The van der Waals surface area contributed by atoms with Gasteiger partial charge in [0.1, 0.15) is 5.41 Å². The summed E-state index contributed by atoms with van der Waals surface area (Å²) in [6.45, 7) is 2.09. The zero-order chi connectivity index (χ0) is 14.0. The number of nitriles is 2. The van der Waals surface area contributed by atoms with Crippen molar-refractivity contribution in [1.82, 2.24) is 0 Å². The summed E-state index contributed by atoms with van der Waals surface area (Å²) in [5.74, 6) is 0. The molecule has 0 bridgehead atoms. The SMILES string of the molecule is CCCCC(C#N)(C#N)CCCCc1ccccc1. The number of aryl methyl sites for hydroxylation is 1. The van der Waals surface area contributed by atoms with Crippen LogP contribution in [0.4, 0.5) is 0 Å². The van der Waals surface area contributed by atoms with Crippen LogP contribution in [-0.2, 0) is 6.42 Å². The molecule has 2 heteroatoms. The van der Waals surface area contributed by atoms with E-state index in [2.05, 4.69) is 31.2 Å². The molecular weight excluding hydrogens is 232 g/mol. The summed E-state index contributed by atoms with van der Waals surface area (Å²) in [6, 6.07) is 14.8. The summed E-state index contributed by atoms with van der Waals surface area (Å²) in [4.78, 5) is 0. The molecule has 2 nitrogen and oxygen atoms in total. The van der Waals surface area contributed by atoms with Gasteiger partial charge in [-0.1, -0.05) is 56.5 Å². The van der Waals surface area contributed by atoms with Crippen LogP contribution >= 0.6 is 0 Å². The van der Waals surface area contributed by atoms with E-state index in [0.29, 0.717) is 12.8 Å². The average Bonchev–Trinajstić information content (AvgIpc) is 2.48. The highest BCUT2D eigenvalue weighted by molar-refractivity contribution is 5.15. The van der Waals surface area contributed by atoms with Crippen molar-refractivity contribution < 1.29 is 0 Å². The van der Waals surface area contributed by atoms with Gasteiger partial charge in [0.25, 0.3) is 0 Å². The first kappa shape index (κ1) is 15.3. The Hall–Kier alpha value is -1.80. The molecule has 19 heavy (non-hydrogen) atoms. The van der Waals surface area contributed by atoms with Crippen molar-refractivity contribution in [3.05, 3.63) is 35.9 Å². The van der Waals surface area contributed by atoms with Gasteiger partial charge >= 0.3 is 0 Å². The smallest absolute Gasteiger partial charge is 0.143 e. The van der Waals surface area contributed by atoms with Crippen molar-refractivity contribution in [1.29, 1.82) is 10.5 Å². The fraction of sp³-hybridized carbons (Fsp3) is 0.529. The molecule has 0 saturated carbocycles. The Morgan fingerprint density at radius 1 is 0.947 bits per heavy atom. The molecule has 0 atom stereocenters. The number of unbranched alkanes of at least 4 members (excludes halogenated alkanes) is 2. The summed E-state index contributed by atoms with van der Waals surface area (Å²) in [7, 11) is 0. The maximum Gasteiger partial charge on any atom is 0.143 e. The van der Waals surface area contributed by atoms with Gasteiger partial charge in [-0.2, -0.15) is 10.5 Å². The van der Waals surface area contributed by atoms with E-state index in [-0.39, 0.29) is 0 Å². The first-order valence-electron chi connectivity index (χ1n) is 7.13. The highest BCUT2D eigenvalue weighted by atomic mass is 14.4. The molecule has 1 aromatic rings. The summed E-state index contributed by atoms with van der Waals surface area (Å²) in [5.41, 5.74) is 0.572. The van der Waals surface area contributed by atoms with E-state index in [0.717, 1.165) is 32.1 Å². The van der Waals surface area contributed by atoms with E-state index in [1.54, 1.807) is 0 Å². The second-order valence-corrected chi connectivity index (χ2v) is 5.10. The summed E-state index contributed by atoms with van der Waals surface area (Å²) < 4.78 is 0. The molecule has 100 valence electrons. The zero-order valence-corrected chi connectivity index (χ0v) is 11.7. The third kappa shape index (κ3) is 5.14. The Bertz CT molecular complexity index is 423. The van der Waals surface area contributed by atoms with Crippen molar-refractivity contribution in [2.45, 2.75) is 51.9 Å². The lowest BCUT2D eigenvalue weighted by molar-refractivity contribution is 0.404. The van der Waals surface area contributed by atoms with Gasteiger partial charge in [0.2, 0.25) is 0 Å². The third-order valence-corrected chi connectivity index (χ3v) is 3.55. The van der Waals surface area contributed by atoms with Gasteiger partial charge in [0.15, 0.2) is 0 Å². The number of hydrogen-bond acceptors (Lipinski definition) is 2. The molecule has 1 rings (SSSR count). The van der Waals surface area contributed by atoms with Gasteiger partial charge in [-0.15, -0.1) is 0 Å². The van der Waals surface area contributed by atoms with Crippen LogP contribution in [0.15, 0.2) is 30.3 Å². The molecule has 0 amide bonds. The normalized spacial score (nSPS) is 10.7. The molecule has 0 N–H and O–H groups in total. The Labute approximate surface area is 116 Å². The average molecular weight is 254 g/mol. The van der Waals surface area contributed by atoms with Gasteiger partial charge in [-0.25, -0.2) is 0 Å². The van der Waals surface area contributed by atoms with Crippen LogP contribution in [0, 0.1) is 28.1 Å². The predicted octanol–water partition coefficient (Wildman–Crippen LogP) is 4.62. The van der Waals surface area contributed by atoms with Gasteiger partial charge in [-0.05, 0) is 31.2 Å². The lowest BCUT2D eigenvalue weighted by Crippen LogP contribution is -2.16. The van der Waals surface area contributed by atoms with Gasteiger partial charge in [-0.3, -0.25) is 0 Å². The van der Waals surface area contributed by atoms with E-state index in [1.165, 1.54) is 5.56 Å². The lowest BCUT2D eigenvalue weighted by Gasteiger charge is -2.17. The molecule has 0 aliphatic carbocycles. The van der Waals surface area contributed by atoms with Gasteiger partial charge < -0.3 is 0 Å². The first-order valence-corrected chi connectivity index (χ1v) is 7.13. The molecule has 0 aromatic heterocycles. The van der Waals surface area contributed by atoms with Crippen molar-refractivity contribution in [2.24, 2.45) is 5.41 Å². The quantitative estimate of drug-likeness (QED) is 0.635. The monoisotopic (exact) mass is 254 g/mol. The molecule has 0 saturated heterocycles. The Kier molecular flexibility index (Phi) is 6.69. The lowest BCUT2D eigenvalue weighted by atomic mass is 9.81. The van der Waals surface area contributed by atoms with Crippen LogP contribution in [0.25, 0.3) is 0 Å². The molecule has 0 fully saturated rings. The van der Waals surface area contributed by atoms with Crippen molar-refractivity contribution >= 4 is 0 Å². The molecule has 0 unspecified atom stereocenters. The van der Waals surface area contributed by atoms with Crippen molar-refractivity contribution in [3.63, 3.8) is 0 Å². The molecule has 0 aliphatic rings. The maximum atomic E-state index is 9.25. The van der Waals surface area contributed by atoms with Crippen LogP contribution in [0.1, 0.15) is 51.0 Å². The summed E-state index contributed by atoms with van der Waals surface area (Å²) in [6.07, 6.45) is 6.42. The highest BCUT2D eigenvalue weighted by Crippen LogP contribution is 2.29. The predicted molar refractivity (Wildman–Crippen MR) is 77.2 cm³/mol. The van der Waals surface area contributed by atoms with E-state index < -0.39 is 5.41 Å². The topological polar surface area (TPSA) is 47.6 Å². The molecule has 1 aromatic carbocycles. The Morgan fingerprint density at radius 3 is 2.16 bits per heavy atom. The van der Waals surface area contributed by atoms with Crippen molar-refractivity contribution in [2.75, 3.05) is 0 Å². The maximum absolute atomic E-state index is 9.25. The number of nitrogens with zero attached hydrogens (tertiary/aromatic N) is 2. The van der Waals surface area contributed by atoms with E-state index in [4.69, 9.17) is 0 Å². The van der Waals surface area contributed by atoms with E-state index in [1.807, 2.05) is 18.2 Å². The van der Waals surface area contributed by atoms with E-state index in [9.17, 15) is 10.5 Å². The molecule has 0 spiro atoms. The van der Waals surface area contributed by atoms with E-state index >= 15 is 0 Å². The molecule has 0 heterocycles. The standard InChI is InChI=1S/C17H22N2/c1-2-3-12-17(14-18,15-19)13-8-7-11-16-9-5-4-6-10-16/h4-6,9-10H,2-3,7-8,11-13H2,1H3. The highest BCUT2D eigenvalue weighted by Gasteiger charge is 2.28. The van der Waals surface area contributed by atoms with Crippen LogP contribution in [0.2, 0.25) is 0 Å². The molecule has 0 aliphatic heterocycles. The number of benzene rings is 1. The number of rotatable bonds is 8. The third-order valence-electron chi connectivity index (χ3n) is 3.55. The summed E-state index contributed by atoms with van der Waals surface area (Å²) in [5, 5.41) is 18.5. The number of hydrogen-bond donors (Lipinski definition) is 0. The Balaban J connectivity index is 2.37. The van der Waals surface area contributed by atoms with Crippen LogP contribution in [0.3, 0.4) is 0 Å². The zero-order valence-electron chi connectivity index (χ0n) is 11.7. The molecule has 0 radical (unpaired) electrons. The second-order valence-electron chi connectivity index (χ2n) is 5.10. The Morgan fingerprint density at radius 2 is 1.58 bits per heavy atom. The van der Waals surface area contributed by atoms with Gasteiger partial charge in [0.05, 0.1) is 12.1 Å². The minimum Gasteiger partial charge on any atom is -0.197 e. The fourth-order valence-electron chi connectivity index (χ4n) is 2.25. The molecular formula is C17H22N2. The minimum absolute atomic E-state index is 0.701. The van der Waals surface area contributed by atoms with Crippen molar-refractivity contribution in [3.8, 4) is 12.1 Å². The minimum atomic E-state index is -0.757. The fourth-order valence-corrected chi connectivity index (χ4v) is 2.25. The van der Waals surface area contributed by atoms with Crippen LogP contribution in [0.5, 0.6) is 0 Å². The van der Waals surface area contributed by atoms with Gasteiger partial charge in [0, 0.05) is 0 Å². The largest absolute Gasteiger partial charge is 0.197 e. The second kappa shape index (κ2) is 8.33.